The molecule has 1 aliphatic rings. The summed E-state index contributed by atoms with van der Waals surface area (Å²) in [5, 5.41) is 5.78. The number of guanidine groups is 1. The molecule has 140 valence electrons. The van der Waals surface area contributed by atoms with Gasteiger partial charge >= 0.3 is 0 Å². The van der Waals surface area contributed by atoms with Crippen LogP contribution in [-0.4, -0.2) is 62.4 Å². The van der Waals surface area contributed by atoms with Crippen molar-refractivity contribution >= 4 is 51.4 Å². The summed E-state index contributed by atoms with van der Waals surface area (Å²) in [7, 11) is -1.49. The van der Waals surface area contributed by atoms with E-state index in [1.807, 2.05) is 35.2 Å². The molecule has 0 aromatic heterocycles. The van der Waals surface area contributed by atoms with Crippen LogP contribution in [0.5, 0.6) is 0 Å². The largest absolute Gasteiger partial charge is 0.347 e. The molecule has 1 aromatic rings. The number of benzene rings is 1. The van der Waals surface area contributed by atoms with Crippen LogP contribution < -0.4 is 10.6 Å². The van der Waals surface area contributed by atoms with E-state index in [0.717, 1.165) is 5.69 Å². The summed E-state index contributed by atoms with van der Waals surface area (Å²) in [6, 6.07) is 9.19. The second kappa shape index (κ2) is 8.84. The number of amides is 1. The maximum atomic E-state index is 12.1. The molecule has 0 saturated carbocycles. The molecule has 0 aliphatic carbocycles. The number of hydrogen-bond donors (Lipinski definition) is 2. The van der Waals surface area contributed by atoms with Crippen LogP contribution in [0.25, 0.3) is 0 Å². The van der Waals surface area contributed by atoms with Gasteiger partial charge in [0.15, 0.2) is 15.8 Å². The fourth-order valence-electron chi connectivity index (χ4n) is 2.54. The number of rotatable bonds is 3. The topological polar surface area (TPSA) is 90.9 Å². The molecule has 0 radical (unpaired) electrons. The first-order valence-electron chi connectivity index (χ1n) is 7.78. The number of nitrogens with zero attached hydrogens (tertiary/aromatic N) is 2. The Labute approximate surface area is 166 Å². The van der Waals surface area contributed by atoms with Crippen molar-refractivity contribution in [1.29, 1.82) is 0 Å². The number of halogens is 1. The summed E-state index contributed by atoms with van der Waals surface area (Å²) in [6.07, 6.45) is 0. The number of hydrogen-bond acceptors (Lipinski definition) is 4. The second-order valence-electron chi connectivity index (χ2n) is 6.32. The molecule has 1 fully saturated rings. The number of aliphatic imine (C=N–C) groups is 1. The minimum Gasteiger partial charge on any atom is -0.347 e. The highest BCUT2D eigenvalue weighted by atomic mass is 127. The zero-order valence-electron chi connectivity index (χ0n) is 14.7. The lowest BCUT2D eigenvalue weighted by molar-refractivity contribution is -0.115. The number of para-hydroxylation sites is 1. The SMILES string of the molecule is CN=C(NCC(=O)Nc1ccccc1)N1CCS(=O)(=O)C(C)(C)C1.I. The number of carbonyl (C=O) groups is 1. The molecule has 1 amide bonds. The molecule has 2 rings (SSSR count). The number of anilines is 1. The van der Waals surface area contributed by atoms with Gasteiger partial charge in [0.2, 0.25) is 5.91 Å². The Balaban J connectivity index is 0.00000312. The van der Waals surface area contributed by atoms with E-state index in [1.165, 1.54) is 0 Å². The summed E-state index contributed by atoms with van der Waals surface area (Å²) in [5.74, 6) is 0.420. The Bertz CT molecular complexity index is 720. The lowest BCUT2D eigenvalue weighted by atomic mass is 10.2. The van der Waals surface area contributed by atoms with Gasteiger partial charge < -0.3 is 15.5 Å². The van der Waals surface area contributed by atoms with Crippen LogP contribution in [0, 0.1) is 0 Å². The van der Waals surface area contributed by atoms with Crippen LogP contribution >= 0.6 is 24.0 Å². The van der Waals surface area contributed by atoms with E-state index in [1.54, 1.807) is 20.9 Å². The van der Waals surface area contributed by atoms with E-state index in [0.29, 0.717) is 19.0 Å². The summed E-state index contributed by atoms with van der Waals surface area (Å²) < 4.78 is 23.3. The average Bonchev–Trinajstić information content (AvgIpc) is 2.52. The highest BCUT2D eigenvalue weighted by Gasteiger charge is 2.40. The number of sulfone groups is 1. The van der Waals surface area contributed by atoms with Crippen molar-refractivity contribution in [3.8, 4) is 0 Å². The Hall–Kier alpha value is -1.36. The molecular weight excluding hydrogens is 455 g/mol. The molecule has 25 heavy (non-hydrogen) atoms. The van der Waals surface area contributed by atoms with E-state index in [4.69, 9.17) is 0 Å². The predicted octanol–water partition coefficient (Wildman–Crippen LogP) is 1.33. The van der Waals surface area contributed by atoms with Gasteiger partial charge in [-0.25, -0.2) is 8.42 Å². The van der Waals surface area contributed by atoms with Gasteiger partial charge in [-0.05, 0) is 26.0 Å². The zero-order chi connectivity index (χ0) is 17.8. The third-order valence-corrected chi connectivity index (χ3v) is 6.55. The highest BCUT2D eigenvalue weighted by molar-refractivity contribution is 14.0. The first-order chi connectivity index (χ1) is 11.2. The minimum absolute atomic E-state index is 0. The molecule has 0 spiro atoms. The Morgan fingerprint density at radius 3 is 2.48 bits per heavy atom. The third kappa shape index (κ3) is 5.56. The van der Waals surface area contributed by atoms with Gasteiger partial charge in [-0.15, -0.1) is 24.0 Å². The maximum absolute atomic E-state index is 12.1. The van der Waals surface area contributed by atoms with E-state index in [2.05, 4.69) is 15.6 Å². The van der Waals surface area contributed by atoms with Crippen molar-refractivity contribution in [2.24, 2.45) is 4.99 Å². The fraction of sp³-hybridized carbons (Fsp3) is 0.500. The summed E-state index contributed by atoms with van der Waals surface area (Å²) in [6.45, 7) is 4.19. The molecule has 2 N–H and O–H groups in total. The van der Waals surface area contributed by atoms with Crippen LogP contribution in [0.15, 0.2) is 35.3 Å². The van der Waals surface area contributed by atoms with Crippen molar-refractivity contribution in [2.75, 3.05) is 37.8 Å². The lowest BCUT2D eigenvalue weighted by Crippen LogP contribution is -2.57. The van der Waals surface area contributed by atoms with Crippen LogP contribution in [-0.2, 0) is 14.6 Å². The molecule has 1 aliphatic heterocycles. The molecule has 1 aromatic carbocycles. The first-order valence-corrected chi connectivity index (χ1v) is 9.43. The normalized spacial score (nSPS) is 18.8. The van der Waals surface area contributed by atoms with Gasteiger partial charge in [0.25, 0.3) is 0 Å². The number of carbonyl (C=O) groups excluding carboxylic acids is 1. The molecular formula is C16H25IN4O3S. The molecule has 1 heterocycles. The quantitative estimate of drug-likeness (QED) is 0.387. The average molecular weight is 480 g/mol. The Kier molecular flexibility index (Phi) is 7.66. The number of nitrogens with one attached hydrogen (secondary N) is 2. The molecule has 1 saturated heterocycles. The fourth-order valence-corrected chi connectivity index (χ4v) is 3.91. The van der Waals surface area contributed by atoms with E-state index in [9.17, 15) is 13.2 Å². The Morgan fingerprint density at radius 2 is 1.92 bits per heavy atom. The van der Waals surface area contributed by atoms with Crippen LogP contribution in [0.3, 0.4) is 0 Å². The van der Waals surface area contributed by atoms with E-state index >= 15 is 0 Å². The van der Waals surface area contributed by atoms with Gasteiger partial charge in [-0.3, -0.25) is 9.79 Å². The van der Waals surface area contributed by atoms with Crippen LogP contribution in [0.4, 0.5) is 5.69 Å². The van der Waals surface area contributed by atoms with E-state index < -0.39 is 14.6 Å². The summed E-state index contributed by atoms with van der Waals surface area (Å²) in [4.78, 5) is 18.0. The molecule has 7 nitrogen and oxygen atoms in total. The molecule has 0 bridgehead atoms. The monoisotopic (exact) mass is 480 g/mol. The first kappa shape index (κ1) is 21.7. The van der Waals surface area contributed by atoms with Gasteiger partial charge in [-0.2, -0.15) is 0 Å². The minimum atomic E-state index is -3.11. The zero-order valence-corrected chi connectivity index (χ0v) is 17.8. The summed E-state index contributed by atoms with van der Waals surface area (Å²) in [5.41, 5.74) is 0.726. The molecule has 0 unspecified atom stereocenters. The van der Waals surface area contributed by atoms with Crippen LogP contribution in [0.1, 0.15) is 13.8 Å². The van der Waals surface area contributed by atoms with Crippen molar-refractivity contribution in [3.05, 3.63) is 30.3 Å². The smallest absolute Gasteiger partial charge is 0.243 e. The van der Waals surface area contributed by atoms with Crippen molar-refractivity contribution in [1.82, 2.24) is 10.2 Å². The van der Waals surface area contributed by atoms with Gasteiger partial charge in [-0.1, -0.05) is 18.2 Å². The molecule has 9 heteroatoms. The van der Waals surface area contributed by atoms with Gasteiger partial charge in [0.1, 0.15) is 0 Å². The second-order valence-corrected chi connectivity index (χ2v) is 9.06. The van der Waals surface area contributed by atoms with Crippen molar-refractivity contribution < 1.29 is 13.2 Å². The van der Waals surface area contributed by atoms with E-state index in [-0.39, 0.29) is 42.2 Å². The van der Waals surface area contributed by atoms with Gasteiger partial charge in [0, 0.05) is 25.8 Å². The molecule has 0 atom stereocenters. The van der Waals surface area contributed by atoms with Crippen molar-refractivity contribution in [2.45, 2.75) is 18.6 Å². The standard InChI is InChI=1S/C16H24N4O3S.HI/c1-16(2)12-20(9-10-24(16,22)23)15(17-3)18-11-14(21)19-13-7-5-4-6-8-13;/h4-8H,9-12H2,1-3H3,(H,17,18)(H,19,21);1H. The predicted molar refractivity (Wildman–Crippen MR) is 111 cm³/mol. The highest BCUT2D eigenvalue weighted by Crippen LogP contribution is 2.23. The Morgan fingerprint density at radius 1 is 1.28 bits per heavy atom. The maximum Gasteiger partial charge on any atom is 0.243 e. The van der Waals surface area contributed by atoms with Gasteiger partial charge in [0.05, 0.1) is 17.0 Å². The lowest BCUT2D eigenvalue weighted by Gasteiger charge is -2.39. The van der Waals surface area contributed by atoms with Crippen molar-refractivity contribution in [3.63, 3.8) is 0 Å². The van der Waals surface area contributed by atoms with Crippen LogP contribution in [0.2, 0.25) is 0 Å². The summed E-state index contributed by atoms with van der Waals surface area (Å²) >= 11 is 0. The third-order valence-electron chi connectivity index (χ3n) is 4.02.